The first-order valence-electron chi connectivity index (χ1n) is 11.8. The molecule has 38 heavy (non-hydrogen) atoms. The summed E-state index contributed by atoms with van der Waals surface area (Å²) in [5, 5.41) is 8.95. The van der Waals surface area contributed by atoms with Gasteiger partial charge in [-0.15, -0.1) is 0 Å². The summed E-state index contributed by atoms with van der Waals surface area (Å²) in [5.41, 5.74) is 1.98. The number of nitrogens with zero attached hydrogens (tertiary/aromatic N) is 4. The number of ether oxygens (including phenoxy) is 1. The van der Waals surface area contributed by atoms with Crippen LogP contribution in [-0.4, -0.2) is 120 Å². The van der Waals surface area contributed by atoms with Crippen LogP contribution in [0.5, 0.6) is 0 Å². The number of carboxylic acids is 1. The molecule has 0 unspecified atom stereocenters. The van der Waals surface area contributed by atoms with Gasteiger partial charge in [0.15, 0.2) is 0 Å². The summed E-state index contributed by atoms with van der Waals surface area (Å²) in [7, 11) is 0. The molecule has 1 aromatic carbocycles. The number of carbonyl (C=O) groups is 3. The smallest absolute Gasteiger partial charge is 0.434 e. The Kier molecular flexibility index (Phi) is 9.13. The predicted octanol–water partition coefficient (Wildman–Crippen LogP) is 2.58. The molecular formula is C23H28F6N4O5. The van der Waals surface area contributed by atoms with Gasteiger partial charge in [0.1, 0.15) is 0 Å². The quantitative estimate of drug-likeness (QED) is 0.541. The number of piperazine rings is 2. The van der Waals surface area contributed by atoms with Crippen LogP contribution in [-0.2, 0) is 16.1 Å². The van der Waals surface area contributed by atoms with Crippen LogP contribution in [0.15, 0.2) is 18.2 Å². The van der Waals surface area contributed by atoms with Gasteiger partial charge in [-0.2, -0.15) is 26.3 Å². The van der Waals surface area contributed by atoms with Crippen LogP contribution < -0.4 is 0 Å². The van der Waals surface area contributed by atoms with E-state index < -0.39 is 30.5 Å². The Balaban J connectivity index is 1.60. The van der Waals surface area contributed by atoms with Crippen molar-refractivity contribution >= 4 is 18.0 Å². The van der Waals surface area contributed by atoms with Crippen LogP contribution in [0.4, 0.5) is 31.1 Å². The van der Waals surface area contributed by atoms with Crippen molar-refractivity contribution in [2.24, 2.45) is 0 Å². The number of benzene rings is 1. The highest BCUT2D eigenvalue weighted by atomic mass is 19.4. The van der Waals surface area contributed by atoms with Crippen LogP contribution in [0.25, 0.3) is 0 Å². The summed E-state index contributed by atoms with van der Waals surface area (Å²) in [6.45, 7) is 3.53. The van der Waals surface area contributed by atoms with Gasteiger partial charge in [-0.3, -0.25) is 19.4 Å². The molecule has 0 bridgehead atoms. The second-order valence-corrected chi connectivity index (χ2v) is 9.23. The van der Waals surface area contributed by atoms with E-state index in [1.54, 1.807) is 21.9 Å². The highest BCUT2D eigenvalue weighted by Crippen LogP contribution is 2.36. The number of rotatable bonds is 6. The van der Waals surface area contributed by atoms with E-state index in [9.17, 15) is 40.7 Å². The molecule has 2 saturated heterocycles. The molecule has 0 spiro atoms. The molecule has 2 heterocycles. The summed E-state index contributed by atoms with van der Waals surface area (Å²) < 4.78 is 80.0. The van der Waals surface area contributed by atoms with Gasteiger partial charge in [-0.05, 0) is 18.6 Å². The maximum Gasteiger partial charge on any atom is 0.434 e. The Hall–Kier alpha value is -3.07. The first kappa shape index (κ1) is 29.5. The standard InChI is InChI=1S/C23H28F6N4O5/c1-15-2-3-16(17(12-15)19(36)32-8-4-31(5-9-32)14-18(34)35)13-30-6-10-33(11-7-30)21(37)38-20(22(24,25)26)23(27,28)29/h2-3,12,20H,4-11,13-14H2,1H3,(H,34,35). The lowest BCUT2D eigenvalue weighted by atomic mass is 10.0. The van der Waals surface area contributed by atoms with Gasteiger partial charge in [-0.1, -0.05) is 17.7 Å². The summed E-state index contributed by atoms with van der Waals surface area (Å²) in [6, 6.07) is 5.34. The van der Waals surface area contributed by atoms with Crippen molar-refractivity contribution in [3.8, 4) is 0 Å². The zero-order valence-electron chi connectivity index (χ0n) is 20.5. The molecule has 9 nitrogen and oxygen atoms in total. The van der Waals surface area contributed by atoms with Gasteiger partial charge >= 0.3 is 24.4 Å². The van der Waals surface area contributed by atoms with E-state index in [2.05, 4.69) is 4.74 Å². The molecule has 2 amide bonds. The third-order valence-electron chi connectivity index (χ3n) is 6.35. The number of aliphatic carboxylic acids is 1. The first-order valence-corrected chi connectivity index (χ1v) is 11.8. The van der Waals surface area contributed by atoms with Crippen molar-refractivity contribution in [1.29, 1.82) is 0 Å². The Bertz CT molecular complexity index is 1000. The minimum atomic E-state index is -5.78. The molecule has 2 aliphatic rings. The van der Waals surface area contributed by atoms with Crippen molar-refractivity contribution in [3.05, 3.63) is 34.9 Å². The Morgan fingerprint density at radius 1 is 0.868 bits per heavy atom. The average Bonchev–Trinajstić information content (AvgIpc) is 2.82. The van der Waals surface area contributed by atoms with Gasteiger partial charge in [-0.25, -0.2) is 4.79 Å². The fourth-order valence-corrected chi connectivity index (χ4v) is 4.32. The molecule has 0 radical (unpaired) electrons. The Labute approximate surface area is 214 Å². The number of hydrogen-bond donors (Lipinski definition) is 1. The molecule has 2 fully saturated rings. The molecule has 15 heteroatoms. The molecule has 0 saturated carbocycles. The zero-order chi connectivity index (χ0) is 28.3. The molecule has 212 valence electrons. The summed E-state index contributed by atoms with van der Waals surface area (Å²) >= 11 is 0. The van der Waals surface area contributed by atoms with Crippen LogP contribution in [0, 0.1) is 6.92 Å². The van der Waals surface area contributed by atoms with E-state index in [0.29, 0.717) is 37.3 Å². The van der Waals surface area contributed by atoms with Gasteiger partial charge in [0.05, 0.1) is 6.54 Å². The molecule has 0 atom stereocenters. The average molecular weight is 554 g/mol. The Morgan fingerprint density at radius 3 is 1.92 bits per heavy atom. The van der Waals surface area contributed by atoms with Crippen LogP contribution in [0.3, 0.4) is 0 Å². The maximum atomic E-state index is 13.3. The highest BCUT2D eigenvalue weighted by Gasteiger charge is 2.60. The maximum absolute atomic E-state index is 13.3. The summed E-state index contributed by atoms with van der Waals surface area (Å²) in [6.07, 6.45) is -17.5. The molecule has 0 aromatic heterocycles. The van der Waals surface area contributed by atoms with E-state index in [0.717, 1.165) is 10.5 Å². The summed E-state index contributed by atoms with van der Waals surface area (Å²) in [5.74, 6) is -1.16. The monoisotopic (exact) mass is 554 g/mol. The molecule has 0 aliphatic carbocycles. The first-order chi connectivity index (χ1) is 17.6. The fourth-order valence-electron chi connectivity index (χ4n) is 4.32. The topological polar surface area (TPSA) is 93.6 Å². The van der Waals surface area contributed by atoms with Crippen LogP contribution >= 0.6 is 0 Å². The fraction of sp³-hybridized carbons (Fsp3) is 0.609. The lowest BCUT2D eigenvalue weighted by molar-refractivity contribution is -0.308. The zero-order valence-corrected chi connectivity index (χ0v) is 20.5. The number of carboxylic acid groups (broad SMARTS) is 1. The minimum Gasteiger partial charge on any atom is -0.480 e. The summed E-state index contributed by atoms with van der Waals surface area (Å²) in [4.78, 5) is 42.2. The second kappa shape index (κ2) is 11.8. The van der Waals surface area contributed by atoms with Gasteiger partial charge in [0.2, 0.25) is 0 Å². The molecule has 1 aromatic rings. The third-order valence-corrected chi connectivity index (χ3v) is 6.35. The molecule has 3 rings (SSSR count). The number of carbonyl (C=O) groups excluding carboxylic acids is 2. The van der Waals surface area contributed by atoms with Crippen molar-refractivity contribution in [2.75, 3.05) is 58.9 Å². The normalized spacial score (nSPS) is 18.1. The lowest BCUT2D eigenvalue weighted by Crippen LogP contribution is -2.52. The van der Waals surface area contributed by atoms with E-state index in [-0.39, 0.29) is 45.2 Å². The molecule has 1 N–H and O–H groups in total. The second-order valence-electron chi connectivity index (χ2n) is 9.23. The number of alkyl halides is 6. The number of halogens is 6. The minimum absolute atomic E-state index is 0.107. The van der Waals surface area contributed by atoms with Crippen molar-refractivity contribution in [2.45, 2.75) is 31.9 Å². The van der Waals surface area contributed by atoms with Crippen molar-refractivity contribution < 1.29 is 50.6 Å². The SMILES string of the molecule is Cc1ccc(CN2CCN(C(=O)OC(C(F)(F)F)C(F)(F)F)CC2)c(C(=O)N2CCN(CC(=O)O)CC2)c1. The highest BCUT2D eigenvalue weighted by molar-refractivity contribution is 5.96. The predicted molar refractivity (Wildman–Crippen MR) is 120 cm³/mol. The van der Waals surface area contributed by atoms with Gasteiger partial charge in [0.25, 0.3) is 12.0 Å². The largest absolute Gasteiger partial charge is 0.480 e. The Morgan fingerprint density at radius 2 is 1.39 bits per heavy atom. The number of amides is 2. The van der Waals surface area contributed by atoms with Crippen molar-refractivity contribution in [1.82, 2.24) is 19.6 Å². The third kappa shape index (κ3) is 7.72. The van der Waals surface area contributed by atoms with Crippen LogP contribution in [0.2, 0.25) is 0 Å². The van der Waals surface area contributed by atoms with E-state index >= 15 is 0 Å². The van der Waals surface area contributed by atoms with E-state index in [4.69, 9.17) is 5.11 Å². The van der Waals surface area contributed by atoms with Gasteiger partial charge < -0.3 is 19.6 Å². The van der Waals surface area contributed by atoms with E-state index in [1.165, 1.54) is 0 Å². The van der Waals surface area contributed by atoms with E-state index in [1.807, 2.05) is 17.9 Å². The molecule has 2 aliphatic heterocycles. The lowest BCUT2D eigenvalue weighted by Gasteiger charge is -2.36. The van der Waals surface area contributed by atoms with Crippen LogP contribution in [0.1, 0.15) is 21.5 Å². The number of aryl methyl sites for hydroxylation is 1. The van der Waals surface area contributed by atoms with Gasteiger partial charge in [0, 0.05) is 64.5 Å². The molecular weight excluding hydrogens is 526 g/mol. The van der Waals surface area contributed by atoms with Crippen molar-refractivity contribution in [3.63, 3.8) is 0 Å². The number of hydrogen-bond acceptors (Lipinski definition) is 6.